The van der Waals surface area contributed by atoms with E-state index in [1.165, 1.54) is 0 Å². The van der Waals surface area contributed by atoms with Crippen LogP contribution in [0.4, 0.5) is 0 Å². The Morgan fingerprint density at radius 3 is 3.20 bits per heavy atom. The molecule has 1 aromatic heterocycles. The van der Waals surface area contributed by atoms with Crippen LogP contribution < -0.4 is 5.73 Å². The van der Waals surface area contributed by atoms with Gasteiger partial charge in [-0.1, -0.05) is 6.07 Å². The topological polar surface area (TPSA) is 51.4 Å². The molecule has 2 N–H and O–H groups in total. The van der Waals surface area contributed by atoms with Gasteiger partial charge in [-0.15, -0.1) is 0 Å². The van der Waals surface area contributed by atoms with Crippen molar-refractivity contribution in [1.82, 2.24) is 9.88 Å². The first-order valence-electron chi connectivity index (χ1n) is 5.35. The van der Waals surface area contributed by atoms with Crippen molar-refractivity contribution in [1.29, 1.82) is 0 Å². The highest BCUT2D eigenvalue weighted by atomic mass is 16.5. The highest BCUT2D eigenvalue weighted by Crippen LogP contribution is 2.19. The second-order valence-corrected chi connectivity index (χ2v) is 3.70. The summed E-state index contributed by atoms with van der Waals surface area (Å²) in [5, 5.41) is 0. The first-order chi connectivity index (χ1) is 7.40. The predicted octanol–water partition coefficient (Wildman–Crippen LogP) is 0.414. The van der Waals surface area contributed by atoms with Crippen molar-refractivity contribution in [3.8, 4) is 0 Å². The average Bonchev–Trinajstić information content (AvgIpc) is 2.31. The molecule has 1 atom stereocenters. The molecule has 0 aromatic carbocycles. The smallest absolute Gasteiger partial charge is 0.112 e. The Morgan fingerprint density at radius 2 is 2.47 bits per heavy atom. The van der Waals surface area contributed by atoms with Crippen LogP contribution in [0, 0.1) is 0 Å². The van der Waals surface area contributed by atoms with Gasteiger partial charge in [-0.25, -0.2) is 0 Å². The van der Waals surface area contributed by atoms with Crippen molar-refractivity contribution in [3.63, 3.8) is 0 Å². The lowest BCUT2D eigenvalue weighted by Crippen LogP contribution is -2.41. The highest BCUT2D eigenvalue weighted by molar-refractivity contribution is 5.08. The Kier molecular flexibility index (Phi) is 3.66. The standard InChI is InChI=1S/C11H17N3O/c12-4-6-14-7-8-15-11(9-14)10-3-1-2-5-13-10/h1-3,5,11H,4,6-9,12H2. The molecule has 15 heavy (non-hydrogen) atoms. The Balaban J connectivity index is 1.98. The van der Waals surface area contributed by atoms with E-state index in [-0.39, 0.29) is 6.10 Å². The van der Waals surface area contributed by atoms with Crippen molar-refractivity contribution in [3.05, 3.63) is 30.1 Å². The molecule has 2 rings (SSSR count). The summed E-state index contributed by atoms with van der Waals surface area (Å²) in [5.41, 5.74) is 6.56. The molecule has 0 aliphatic carbocycles. The van der Waals surface area contributed by atoms with Gasteiger partial charge in [0, 0.05) is 32.4 Å². The van der Waals surface area contributed by atoms with E-state index in [9.17, 15) is 0 Å². The summed E-state index contributed by atoms with van der Waals surface area (Å²) in [6, 6.07) is 5.92. The molecule has 1 aliphatic heterocycles. The zero-order valence-electron chi connectivity index (χ0n) is 8.80. The van der Waals surface area contributed by atoms with Crippen LogP contribution in [0.2, 0.25) is 0 Å². The third kappa shape index (κ3) is 2.75. The van der Waals surface area contributed by atoms with E-state index in [4.69, 9.17) is 10.5 Å². The molecule has 2 heterocycles. The zero-order valence-corrected chi connectivity index (χ0v) is 8.80. The van der Waals surface area contributed by atoms with Gasteiger partial charge in [0.25, 0.3) is 0 Å². The van der Waals surface area contributed by atoms with Gasteiger partial charge < -0.3 is 10.5 Å². The fraction of sp³-hybridized carbons (Fsp3) is 0.545. The van der Waals surface area contributed by atoms with Gasteiger partial charge in [-0.05, 0) is 12.1 Å². The summed E-state index contributed by atoms with van der Waals surface area (Å²) in [7, 11) is 0. The molecule has 4 heteroatoms. The third-order valence-corrected chi connectivity index (χ3v) is 2.61. The number of ether oxygens (including phenoxy) is 1. The fourth-order valence-corrected chi connectivity index (χ4v) is 1.83. The van der Waals surface area contributed by atoms with Crippen LogP contribution in [0.1, 0.15) is 11.8 Å². The number of morpholine rings is 1. The molecule has 1 aliphatic rings. The number of hydrogen-bond acceptors (Lipinski definition) is 4. The number of pyridine rings is 1. The molecule has 0 radical (unpaired) electrons. The summed E-state index contributed by atoms with van der Waals surface area (Å²) in [5.74, 6) is 0. The number of rotatable bonds is 3. The van der Waals surface area contributed by atoms with Crippen molar-refractivity contribution < 1.29 is 4.74 Å². The molecular weight excluding hydrogens is 190 g/mol. The number of nitrogens with two attached hydrogens (primary N) is 1. The summed E-state index contributed by atoms with van der Waals surface area (Å²) < 4.78 is 5.70. The van der Waals surface area contributed by atoms with Crippen LogP contribution in [-0.2, 0) is 4.74 Å². The lowest BCUT2D eigenvalue weighted by molar-refractivity contribution is -0.0309. The molecule has 4 nitrogen and oxygen atoms in total. The van der Waals surface area contributed by atoms with Crippen LogP contribution in [0.25, 0.3) is 0 Å². The second kappa shape index (κ2) is 5.21. The summed E-state index contributed by atoms with van der Waals surface area (Å²) in [4.78, 5) is 6.64. The lowest BCUT2D eigenvalue weighted by Gasteiger charge is -2.32. The van der Waals surface area contributed by atoms with Crippen molar-refractivity contribution in [2.24, 2.45) is 5.73 Å². The van der Waals surface area contributed by atoms with E-state index in [1.54, 1.807) is 6.20 Å². The van der Waals surface area contributed by atoms with Gasteiger partial charge in [0.05, 0.1) is 12.3 Å². The monoisotopic (exact) mass is 207 g/mol. The predicted molar refractivity (Wildman–Crippen MR) is 58.4 cm³/mol. The molecule has 0 spiro atoms. The Hall–Kier alpha value is -0.970. The summed E-state index contributed by atoms with van der Waals surface area (Å²) in [6.07, 6.45) is 1.91. The molecule has 0 bridgehead atoms. The fourth-order valence-electron chi connectivity index (χ4n) is 1.83. The van der Waals surface area contributed by atoms with Crippen LogP contribution in [-0.4, -0.2) is 42.7 Å². The molecule has 1 saturated heterocycles. The van der Waals surface area contributed by atoms with Gasteiger partial charge >= 0.3 is 0 Å². The minimum Gasteiger partial charge on any atom is -0.369 e. The number of aromatic nitrogens is 1. The van der Waals surface area contributed by atoms with Gasteiger partial charge in [0.1, 0.15) is 6.10 Å². The van der Waals surface area contributed by atoms with Crippen LogP contribution in [0.15, 0.2) is 24.4 Å². The largest absolute Gasteiger partial charge is 0.369 e. The molecule has 1 aromatic rings. The van der Waals surface area contributed by atoms with E-state index in [2.05, 4.69) is 9.88 Å². The molecule has 1 fully saturated rings. The molecule has 0 amide bonds. The summed E-state index contributed by atoms with van der Waals surface area (Å²) >= 11 is 0. The Bertz CT molecular complexity index is 289. The normalized spacial score (nSPS) is 22.9. The number of hydrogen-bond donors (Lipinski definition) is 1. The first-order valence-corrected chi connectivity index (χ1v) is 5.35. The molecular formula is C11H17N3O. The third-order valence-electron chi connectivity index (χ3n) is 2.61. The van der Waals surface area contributed by atoms with E-state index in [1.807, 2.05) is 18.2 Å². The van der Waals surface area contributed by atoms with Crippen LogP contribution >= 0.6 is 0 Å². The Labute approximate surface area is 90.0 Å². The SMILES string of the molecule is NCCN1CCOC(c2ccccn2)C1. The van der Waals surface area contributed by atoms with Gasteiger partial charge in [-0.3, -0.25) is 9.88 Å². The van der Waals surface area contributed by atoms with Gasteiger partial charge in [0.15, 0.2) is 0 Å². The van der Waals surface area contributed by atoms with Crippen LogP contribution in [0.3, 0.4) is 0 Å². The second-order valence-electron chi connectivity index (χ2n) is 3.70. The van der Waals surface area contributed by atoms with E-state index in [0.29, 0.717) is 6.54 Å². The summed E-state index contributed by atoms with van der Waals surface area (Å²) in [6.45, 7) is 4.28. The maximum absolute atomic E-state index is 5.70. The van der Waals surface area contributed by atoms with Crippen molar-refractivity contribution >= 4 is 0 Å². The minimum absolute atomic E-state index is 0.103. The first kappa shape index (κ1) is 10.5. The maximum Gasteiger partial charge on any atom is 0.112 e. The van der Waals surface area contributed by atoms with Gasteiger partial charge in [-0.2, -0.15) is 0 Å². The van der Waals surface area contributed by atoms with E-state index >= 15 is 0 Å². The quantitative estimate of drug-likeness (QED) is 0.780. The van der Waals surface area contributed by atoms with Crippen molar-refractivity contribution in [2.45, 2.75) is 6.10 Å². The lowest BCUT2D eigenvalue weighted by atomic mass is 10.2. The zero-order chi connectivity index (χ0) is 10.5. The van der Waals surface area contributed by atoms with E-state index < -0.39 is 0 Å². The molecule has 0 saturated carbocycles. The van der Waals surface area contributed by atoms with Crippen LogP contribution in [0.5, 0.6) is 0 Å². The Morgan fingerprint density at radius 1 is 1.53 bits per heavy atom. The maximum atomic E-state index is 5.70. The van der Waals surface area contributed by atoms with Gasteiger partial charge in [0.2, 0.25) is 0 Å². The average molecular weight is 207 g/mol. The minimum atomic E-state index is 0.103. The molecule has 1 unspecified atom stereocenters. The van der Waals surface area contributed by atoms with Crippen molar-refractivity contribution in [2.75, 3.05) is 32.8 Å². The highest BCUT2D eigenvalue weighted by Gasteiger charge is 2.21. The number of nitrogens with zero attached hydrogens (tertiary/aromatic N) is 2. The molecule has 82 valence electrons. The van der Waals surface area contributed by atoms with E-state index in [0.717, 1.165) is 31.9 Å².